The van der Waals surface area contributed by atoms with E-state index in [1.807, 2.05) is 0 Å². The molecule has 0 spiro atoms. The molecule has 0 amide bonds. The highest BCUT2D eigenvalue weighted by molar-refractivity contribution is 4.50. The fraction of sp³-hybridized carbons (Fsp3) is 1.00. The van der Waals surface area contributed by atoms with Gasteiger partial charge in [-0.25, -0.2) is 0 Å². The van der Waals surface area contributed by atoms with Crippen molar-refractivity contribution in [2.75, 3.05) is 26.4 Å². The Balaban J connectivity index is 3.26. The summed E-state index contributed by atoms with van der Waals surface area (Å²) in [5.74, 6) is 0. The molecule has 0 aliphatic heterocycles. The summed E-state index contributed by atoms with van der Waals surface area (Å²) in [4.78, 5) is 0. The van der Waals surface area contributed by atoms with E-state index < -0.39 is 12.6 Å². The van der Waals surface area contributed by atoms with E-state index in [9.17, 15) is 10.2 Å². The van der Waals surface area contributed by atoms with Gasteiger partial charge in [-0.15, -0.1) is 0 Å². The van der Waals surface area contributed by atoms with Gasteiger partial charge >= 0.3 is 0 Å². The molecule has 0 fully saturated rings. The molecule has 0 aromatic heterocycles. The third-order valence-corrected chi connectivity index (χ3v) is 6.63. The summed E-state index contributed by atoms with van der Waals surface area (Å²) in [6.07, 6.45) is 25.3. The van der Waals surface area contributed by atoms with Crippen LogP contribution in [0, 0.1) is 0 Å². The zero-order valence-corrected chi connectivity index (χ0v) is 23.7. The van der Waals surface area contributed by atoms with Gasteiger partial charge in [0.1, 0.15) is 0 Å². The maximum Gasteiger partial charge on any atom is 0.156 e. The second-order valence-electron chi connectivity index (χ2n) is 10.2. The van der Waals surface area contributed by atoms with E-state index in [0.717, 1.165) is 12.8 Å². The standard InChI is InChI=1S/C30H62O5/c1-3-5-7-9-11-13-15-17-19-21-25-34-29(31)23-27-33-28-24-30(32)35-26-22-20-18-16-14-12-10-8-6-4-2/h29-32H,3-28H2,1-2H3. The molecule has 0 aliphatic carbocycles. The van der Waals surface area contributed by atoms with E-state index in [4.69, 9.17) is 14.2 Å². The number of hydrogen-bond acceptors (Lipinski definition) is 5. The molecule has 35 heavy (non-hydrogen) atoms. The van der Waals surface area contributed by atoms with Crippen molar-refractivity contribution in [1.82, 2.24) is 0 Å². The summed E-state index contributed by atoms with van der Waals surface area (Å²) in [5, 5.41) is 19.8. The fourth-order valence-electron chi connectivity index (χ4n) is 4.25. The Hall–Kier alpha value is -0.200. The predicted molar refractivity (Wildman–Crippen MR) is 148 cm³/mol. The Labute approximate surface area is 218 Å². The van der Waals surface area contributed by atoms with Crippen molar-refractivity contribution in [2.45, 2.75) is 168 Å². The molecule has 5 nitrogen and oxygen atoms in total. The van der Waals surface area contributed by atoms with Gasteiger partial charge < -0.3 is 24.4 Å². The van der Waals surface area contributed by atoms with Gasteiger partial charge in [0.05, 0.1) is 13.2 Å². The Morgan fingerprint density at radius 2 is 0.686 bits per heavy atom. The minimum atomic E-state index is -0.758. The Bertz CT molecular complexity index is 346. The summed E-state index contributed by atoms with van der Waals surface area (Å²) in [7, 11) is 0. The molecule has 0 aromatic carbocycles. The van der Waals surface area contributed by atoms with Crippen LogP contribution in [0.3, 0.4) is 0 Å². The lowest BCUT2D eigenvalue weighted by Crippen LogP contribution is -2.18. The van der Waals surface area contributed by atoms with Crippen molar-refractivity contribution in [3.8, 4) is 0 Å². The first-order valence-corrected chi connectivity index (χ1v) is 15.4. The highest BCUT2D eigenvalue weighted by Crippen LogP contribution is 2.12. The van der Waals surface area contributed by atoms with Gasteiger partial charge in [-0.3, -0.25) is 0 Å². The zero-order chi connectivity index (χ0) is 25.7. The average molecular weight is 503 g/mol. The number of aliphatic hydroxyl groups is 2. The van der Waals surface area contributed by atoms with Crippen LogP contribution in [-0.2, 0) is 14.2 Å². The van der Waals surface area contributed by atoms with Gasteiger partial charge in [0.25, 0.3) is 0 Å². The lowest BCUT2D eigenvalue weighted by molar-refractivity contribution is -0.125. The van der Waals surface area contributed by atoms with Gasteiger partial charge in [-0.1, -0.05) is 129 Å². The highest BCUT2D eigenvalue weighted by atomic mass is 16.6. The molecular weight excluding hydrogens is 440 g/mol. The second-order valence-corrected chi connectivity index (χ2v) is 10.2. The van der Waals surface area contributed by atoms with E-state index in [1.54, 1.807) is 0 Å². The van der Waals surface area contributed by atoms with Crippen LogP contribution in [0.15, 0.2) is 0 Å². The van der Waals surface area contributed by atoms with E-state index >= 15 is 0 Å². The summed E-state index contributed by atoms with van der Waals surface area (Å²) in [6, 6.07) is 0. The van der Waals surface area contributed by atoms with E-state index in [-0.39, 0.29) is 0 Å². The molecule has 212 valence electrons. The van der Waals surface area contributed by atoms with Gasteiger partial charge in [0.15, 0.2) is 12.6 Å². The van der Waals surface area contributed by atoms with Crippen LogP contribution >= 0.6 is 0 Å². The molecule has 2 atom stereocenters. The topological polar surface area (TPSA) is 68.2 Å². The minimum Gasteiger partial charge on any atom is -0.381 e. The number of ether oxygens (including phenoxy) is 3. The molecule has 0 rings (SSSR count). The van der Waals surface area contributed by atoms with Crippen LogP contribution in [0.4, 0.5) is 0 Å². The normalized spacial score (nSPS) is 13.4. The number of rotatable bonds is 30. The lowest BCUT2D eigenvalue weighted by atomic mass is 10.1. The molecular formula is C30H62O5. The van der Waals surface area contributed by atoms with Crippen LogP contribution in [0.1, 0.15) is 155 Å². The molecule has 2 N–H and O–H groups in total. The highest BCUT2D eigenvalue weighted by Gasteiger charge is 2.06. The van der Waals surface area contributed by atoms with Crippen LogP contribution in [-0.4, -0.2) is 49.2 Å². The molecule has 0 radical (unpaired) electrons. The van der Waals surface area contributed by atoms with Crippen LogP contribution in [0.5, 0.6) is 0 Å². The maximum absolute atomic E-state index is 9.89. The molecule has 2 unspecified atom stereocenters. The lowest BCUT2D eigenvalue weighted by Gasteiger charge is -2.14. The molecule has 0 saturated heterocycles. The maximum atomic E-state index is 9.89. The van der Waals surface area contributed by atoms with Crippen molar-refractivity contribution in [2.24, 2.45) is 0 Å². The largest absolute Gasteiger partial charge is 0.381 e. The summed E-state index contributed by atoms with van der Waals surface area (Å²) in [6.45, 7) is 6.61. The molecule has 0 saturated carbocycles. The van der Waals surface area contributed by atoms with Crippen molar-refractivity contribution in [1.29, 1.82) is 0 Å². The molecule has 0 bridgehead atoms. The van der Waals surface area contributed by atoms with E-state index in [2.05, 4.69) is 13.8 Å². The summed E-state index contributed by atoms with van der Waals surface area (Å²) < 4.78 is 16.4. The monoisotopic (exact) mass is 502 g/mol. The minimum absolute atomic E-state index is 0.435. The molecule has 0 heterocycles. The van der Waals surface area contributed by atoms with Crippen LogP contribution in [0.25, 0.3) is 0 Å². The Morgan fingerprint density at radius 3 is 1.00 bits per heavy atom. The smallest absolute Gasteiger partial charge is 0.156 e. The van der Waals surface area contributed by atoms with Crippen molar-refractivity contribution < 1.29 is 24.4 Å². The van der Waals surface area contributed by atoms with Gasteiger partial charge in [-0.2, -0.15) is 0 Å². The van der Waals surface area contributed by atoms with E-state index in [1.165, 1.54) is 116 Å². The molecule has 0 aromatic rings. The van der Waals surface area contributed by atoms with Crippen LogP contribution in [0.2, 0.25) is 0 Å². The Morgan fingerprint density at radius 1 is 0.400 bits per heavy atom. The SMILES string of the molecule is CCCCCCCCCCCCOC(O)CCOCCC(O)OCCCCCCCCCCCC. The third kappa shape index (κ3) is 29.9. The number of aliphatic hydroxyl groups excluding tert-OH is 2. The zero-order valence-electron chi connectivity index (χ0n) is 23.7. The van der Waals surface area contributed by atoms with Gasteiger partial charge in [0.2, 0.25) is 0 Å². The molecule has 0 aliphatic rings. The third-order valence-electron chi connectivity index (χ3n) is 6.63. The average Bonchev–Trinajstić information content (AvgIpc) is 2.85. The first-order valence-electron chi connectivity index (χ1n) is 15.4. The summed E-state index contributed by atoms with van der Waals surface area (Å²) >= 11 is 0. The number of unbranched alkanes of at least 4 members (excludes halogenated alkanes) is 18. The fourth-order valence-corrected chi connectivity index (χ4v) is 4.25. The molecule has 5 heteroatoms. The number of hydrogen-bond donors (Lipinski definition) is 2. The first-order chi connectivity index (χ1) is 17.2. The van der Waals surface area contributed by atoms with Crippen molar-refractivity contribution in [3.63, 3.8) is 0 Å². The second kappa shape index (κ2) is 30.0. The van der Waals surface area contributed by atoms with Gasteiger partial charge in [-0.05, 0) is 12.8 Å². The van der Waals surface area contributed by atoms with Crippen LogP contribution < -0.4 is 0 Å². The predicted octanol–water partition coefficient (Wildman–Crippen LogP) is 8.30. The quantitative estimate of drug-likeness (QED) is 0.0763. The van der Waals surface area contributed by atoms with Gasteiger partial charge in [0, 0.05) is 26.1 Å². The van der Waals surface area contributed by atoms with Crippen molar-refractivity contribution >= 4 is 0 Å². The summed E-state index contributed by atoms with van der Waals surface area (Å²) in [5.41, 5.74) is 0. The first kappa shape index (κ1) is 34.8. The van der Waals surface area contributed by atoms with E-state index in [0.29, 0.717) is 39.3 Å². The van der Waals surface area contributed by atoms with Crippen molar-refractivity contribution in [3.05, 3.63) is 0 Å². The Kier molecular flexibility index (Phi) is 29.9.